The summed E-state index contributed by atoms with van der Waals surface area (Å²) in [6, 6.07) is 13.3. The highest BCUT2D eigenvalue weighted by atomic mass is 16.5. The standard InChI is InChI=1S/C20H24O3/c1-15-7-5-10-18(20(2,3)4)19(15)23-12-11-22-17-9-6-8-16(13-17)14-21/h5-10,13-14H,11-12H2,1-4H3. The minimum Gasteiger partial charge on any atom is -0.490 e. The van der Waals surface area contributed by atoms with Crippen LogP contribution in [0.5, 0.6) is 11.5 Å². The van der Waals surface area contributed by atoms with E-state index in [1.807, 2.05) is 6.07 Å². The smallest absolute Gasteiger partial charge is 0.150 e. The molecule has 2 aromatic carbocycles. The zero-order chi connectivity index (χ0) is 16.9. The highest BCUT2D eigenvalue weighted by molar-refractivity contribution is 5.75. The van der Waals surface area contributed by atoms with E-state index in [0.29, 0.717) is 24.5 Å². The van der Waals surface area contributed by atoms with Crippen LogP contribution < -0.4 is 9.47 Å². The van der Waals surface area contributed by atoms with Gasteiger partial charge in [0.2, 0.25) is 0 Å². The maximum Gasteiger partial charge on any atom is 0.150 e. The predicted octanol–water partition coefficient (Wildman–Crippen LogP) is 4.56. The number of carbonyl (C=O) groups excluding carboxylic acids is 1. The van der Waals surface area contributed by atoms with Gasteiger partial charge in [0, 0.05) is 5.56 Å². The second kappa shape index (κ2) is 7.32. The van der Waals surface area contributed by atoms with Gasteiger partial charge in [-0.1, -0.05) is 51.1 Å². The van der Waals surface area contributed by atoms with Crippen LogP contribution in [0, 0.1) is 6.92 Å². The zero-order valence-electron chi connectivity index (χ0n) is 14.3. The molecule has 0 saturated carbocycles. The molecule has 0 aliphatic carbocycles. The van der Waals surface area contributed by atoms with Crippen molar-refractivity contribution in [1.29, 1.82) is 0 Å². The topological polar surface area (TPSA) is 35.5 Å². The fourth-order valence-corrected chi connectivity index (χ4v) is 2.42. The van der Waals surface area contributed by atoms with Crippen LogP contribution in [0.15, 0.2) is 42.5 Å². The van der Waals surface area contributed by atoms with Gasteiger partial charge in [-0.15, -0.1) is 0 Å². The maximum atomic E-state index is 10.8. The summed E-state index contributed by atoms with van der Waals surface area (Å²) in [7, 11) is 0. The lowest BCUT2D eigenvalue weighted by Gasteiger charge is -2.24. The summed E-state index contributed by atoms with van der Waals surface area (Å²) < 4.78 is 11.6. The molecule has 122 valence electrons. The SMILES string of the molecule is Cc1cccc(C(C)(C)C)c1OCCOc1cccc(C=O)c1. The molecular formula is C20H24O3. The molecule has 0 aromatic heterocycles. The summed E-state index contributed by atoms with van der Waals surface area (Å²) >= 11 is 0. The molecule has 0 N–H and O–H groups in total. The van der Waals surface area contributed by atoms with Gasteiger partial charge in [0.1, 0.15) is 31.0 Å². The molecule has 0 bridgehead atoms. The summed E-state index contributed by atoms with van der Waals surface area (Å²) in [5, 5.41) is 0. The van der Waals surface area contributed by atoms with E-state index in [1.54, 1.807) is 18.2 Å². The highest BCUT2D eigenvalue weighted by Gasteiger charge is 2.20. The van der Waals surface area contributed by atoms with E-state index in [4.69, 9.17) is 9.47 Å². The first-order valence-electron chi connectivity index (χ1n) is 7.83. The first-order chi connectivity index (χ1) is 10.9. The van der Waals surface area contributed by atoms with Crippen molar-refractivity contribution in [3.05, 3.63) is 59.2 Å². The van der Waals surface area contributed by atoms with Gasteiger partial charge < -0.3 is 9.47 Å². The van der Waals surface area contributed by atoms with Crippen molar-refractivity contribution >= 4 is 6.29 Å². The fourth-order valence-electron chi connectivity index (χ4n) is 2.42. The van der Waals surface area contributed by atoms with E-state index in [0.717, 1.165) is 17.6 Å². The number of hydrogen-bond acceptors (Lipinski definition) is 3. The lowest BCUT2D eigenvalue weighted by molar-refractivity contribution is 0.112. The Balaban J connectivity index is 1.98. The predicted molar refractivity (Wildman–Crippen MR) is 92.7 cm³/mol. The number of aryl methyl sites for hydroxylation is 1. The number of rotatable bonds is 6. The number of carbonyl (C=O) groups is 1. The Morgan fingerprint density at radius 1 is 1.00 bits per heavy atom. The summed E-state index contributed by atoms with van der Waals surface area (Å²) in [5.74, 6) is 1.62. The van der Waals surface area contributed by atoms with Crippen molar-refractivity contribution in [3.63, 3.8) is 0 Å². The lowest BCUT2D eigenvalue weighted by Crippen LogP contribution is -2.16. The third kappa shape index (κ3) is 4.59. The summed E-state index contributed by atoms with van der Waals surface area (Å²) in [4.78, 5) is 10.8. The van der Waals surface area contributed by atoms with E-state index < -0.39 is 0 Å². The Morgan fingerprint density at radius 3 is 2.39 bits per heavy atom. The zero-order valence-corrected chi connectivity index (χ0v) is 14.3. The Kier molecular flexibility index (Phi) is 5.43. The summed E-state index contributed by atoms with van der Waals surface area (Å²) in [5.41, 5.74) is 2.96. The minimum absolute atomic E-state index is 0.0283. The molecule has 0 radical (unpaired) electrons. The molecular weight excluding hydrogens is 288 g/mol. The third-order valence-electron chi connectivity index (χ3n) is 3.61. The highest BCUT2D eigenvalue weighted by Crippen LogP contribution is 2.33. The van der Waals surface area contributed by atoms with Gasteiger partial charge >= 0.3 is 0 Å². The molecule has 0 amide bonds. The van der Waals surface area contributed by atoms with Gasteiger partial charge in [-0.3, -0.25) is 4.79 Å². The molecule has 0 fully saturated rings. The number of para-hydroxylation sites is 1. The van der Waals surface area contributed by atoms with Crippen LogP contribution >= 0.6 is 0 Å². The van der Waals surface area contributed by atoms with Gasteiger partial charge in [-0.05, 0) is 35.6 Å². The molecule has 2 aromatic rings. The molecule has 0 aliphatic rings. The average Bonchev–Trinajstić information content (AvgIpc) is 2.52. The lowest BCUT2D eigenvalue weighted by atomic mass is 9.85. The largest absolute Gasteiger partial charge is 0.490 e. The monoisotopic (exact) mass is 312 g/mol. The van der Waals surface area contributed by atoms with Crippen molar-refractivity contribution in [2.45, 2.75) is 33.1 Å². The van der Waals surface area contributed by atoms with E-state index in [-0.39, 0.29) is 5.41 Å². The van der Waals surface area contributed by atoms with Crippen LogP contribution in [0.2, 0.25) is 0 Å². The molecule has 0 aliphatic heterocycles. The number of ether oxygens (including phenoxy) is 2. The number of benzene rings is 2. The van der Waals surface area contributed by atoms with E-state index in [1.165, 1.54) is 5.56 Å². The van der Waals surface area contributed by atoms with E-state index in [2.05, 4.69) is 45.9 Å². The second-order valence-electron chi connectivity index (χ2n) is 6.59. The first kappa shape index (κ1) is 17.1. The maximum absolute atomic E-state index is 10.8. The Morgan fingerprint density at radius 2 is 1.70 bits per heavy atom. The van der Waals surface area contributed by atoms with Crippen molar-refractivity contribution in [1.82, 2.24) is 0 Å². The molecule has 2 rings (SSSR count). The fraction of sp³-hybridized carbons (Fsp3) is 0.350. The normalized spacial score (nSPS) is 11.1. The van der Waals surface area contributed by atoms with E-state index >= 15 is 0 Å². The van der Waals surface area contributed by atoms with Crippen molar-refractivity contribution in [2.75, 3.05) is 13.2 Å². The van der Waals surface area contributed by atoms with Crippen LogP contribution in [-0.4, -0.2) is 19.5 Å². The molecule has 0 saturated heterocycles. The summed E-state index contributed by atoms with van der Waals surface area (Å²) in [6.45, 7) is 9.47. The minimum atomic E-state index is 0.0283. The number of aldehydes is 1. The quantitative estimate of drug-likeness (QED) is 0.579. The Bertz CT molecular complexity index is 669. The van der Waals surface area contributed by atoms with E-state index in [9.17, 15) is 4.79 Å². The Labute approximate surface area is 138 Å². The molecule has 3 nitrogen and oxygen atoms in total. The van der Waals surface area contributed by atoms with Crippen molar-refractivity contribution < 1.29 is 14.3 Å². The molecule has 0 heterocycles. The molecule has 0 unspecified atom stereocenters. The Hall–Kier alpha value is -2.29. The molecule has 23 heavy (non-hydrogen) atoms. The molecule has 3 heteroatoms. The van der Waals surface area contributed by atoms with Crippen LogP contribution in [0.3, 0.4) is 0 Å². The van der Waals surface area contributed by atoms with Gasteiger partial charge in [0.15, 0.2) is 0 Å². The van der Waals surface area contributed by atoms with Gasteiger partial charge in [0.05, 0.1) is 0 Å². The van der Waals surface area contributed by atoms with Crippen molar-refractivity contribution in [3.8, 4) is 11.5 Å². The third-order valence-corrected chi connectivity index (χ3v) is 3.61. The number of hydrogen-bond donors (Lipinski definition) is 0. The average molecular weight is 312 g/mol. The van der Waals surface area contributed by atoms with Gasteiger partial charge in [-0.25, -0.2) is 0 Å². The van der Waals surface area contributed by atoms with Crippen LogP contribution in [0.1, 0.15) is 42.3 Å². The molecule has 0 atom stereocenters. The van der Waals surface area contributed by atoms with Crippen LogP contribution in [-0.2, 0) is 5.41 Å². The summed E-state index contributed by atoms with van der Waals surface area (Å²) in [6.07, 6.45) is 0.812. The van der Waals surface area contributed by atoms with Crippen molar-refractivity contribution in [2.24, 2.45) is 0 Å². The van der Waals surface area contributed by atoms with Crippen LogP contribution in [0.4, 0.5) is 0 Å². The second-order valence-corrected chi connectivity index (χ2v) is 6.59. The van der Waals surface area contributed by atoms with Gasteiger partial charge in [-0.2, -0.15) is 0 Å². The first-order valence-corrected chi connectivity index (χ1v) is 7.83. The van der Waals surface area contributed by atoms with Gasteiger partial charge in [0.25, 0.3) is 0 Å². The van der Waals surface area contributed by atoms with Crippen LogP contribution in [0.25, 0.3) is 0 Å². The molecule has 0 spiro atoms.